The van der Waals surface area contributed by atoms with E-state index in [1.807, 2.05) is 6.92 Å². The van der Waals surface area contributed by atoms with Gasteiger partial charge in [-0.15, -0.1) is 0 Å². The summed E-state index contributed by atoms with van der Waals surface area (Å²) < 4.78 is 44.1. The molecule has 1 fully saturated rings. The maximum absolute atomic E-state index is 13.0. The maximum Gasteiger partial charge on any atom is 0.433 e. The van der Waals surface area contributed by atoms with Gasteiger partial charge < -0.3 is 20.7 Å². The summed E-state index contributed by atoms with van der Waals surface area (Å²) in [5, 5.41) is 2.79. The molecule has 0 spiro atoms. The number of pyridine rings is 1. The molecule has 26 heavy (non-hydrogen) atoms. The fourth-order valence-corrected chi connectivity index (χ4v) is 3.01. The van der Waals surface area contributed by atoms with Crippen molar-refractivity contribution in [1.82, 2.24) is 10.3 Å². The fourth-order valence-electron chi connectivity index (χ4n) is 3.01. The van der Waals surface area contributed by atoms with Crippen molar-refractivity contribution in [2.75, 3.05) is 23.7 Å². The SMILES string of the molecule is C[C@@H]1C[C@H](NC(=O)OC(C)(C)C)CN(c2cc(C(F)(F)F)ncc2N)C1. The Balaban J connectivity index is 2.16. The van der Waals surface area contributed by atoms with Crippen LogP contribution in [-0.2, 0) is 10.9 Å². The predicted octanol–water partition coefficient (Wildman–Crippen LogP) is 3.42. The Morgan fingerprint density at radius 3 is 2.58 bits per heavy atom. The molecular weight excluding hydrogens is 349 g/mol. The van der Waals surface area contributed by atoms with Crippen LogP contribution < -0.4 is 16.0 Å². The summed E-state index contributed by atoms with van der Waals surface area (Å²) in [5.41, 5.74) is 4.68. The molecule has 3 N–H and O–H groups in total. The van der Waals surface area contributed by atoms with Gasteiger partial charge in [-0.05, 0) is 39.2 Å². The summed E-state index contributed by atoms with van der Waals surface area (Å²) in [7, 11) is 0. The number of carbonyl (C=O) groups excluding carboxylic acids is 1. The van der Waals surface area contributed by atoms with E-state index in [-0.39, 0.29) is 23.3 Å². The van der Waals surface area contributed by atoms with Crippen molar-refractivity contribution >= 4 is 17.5 Å². The Morgan fingerprint density at radius 1 is 1.35 bits per heavy atom. The Kier molecular flexibility index (Phi) is 5.58. The van der Waals surface area contributed by atoms with Crippen molar-refractivity contribution in [3.05, 3.63) is 18.0 Å². The number of alkyl carbamates (subject to hydrolysis) is 1. The third-order valence-corrected chi connectivity index (χ3v) is 3.92. The predicted molar refractivity (Wildman–Crippen MR) is 92.8 cm³/mol. The van der Waals surface area contributed by atoms with Gasteiger partial charge in [0.2, 0.25) is 0 Å². The highest BCUT2D eigenvalue weighted by Crippen LogP contribution is 2.34. The number of carbonyl (C=O) groups is 1. The molecule has 146 valence electrons. The average Bonchev–Trinajstić information content (AvgIpc) is 2.43. The standard InChI is InChI=1S/C17H25F3N4O2/c1-10-5-11(23-15(25)26-16(2,3)4)9-24(8-10)13-6-14(17(18,19)20)22-7-12(13)21/h6-7,10-11H,5,8-9,21H2,1-4H3,(H,23,25)/t10-,11+/m1/s1. The zero-order valence-electron chi connectivity index (χ0n) is 15.4. The van der Waals surface area contributed by atoms with Crippen molar-refractivity contribution in [3.63, 3.8) is 0 Å². The van der Waals surface area contributed by atoms with Crippen LogP contribution in [0.15, 0.2) is 12.3 Å². The van der Waals surface area contributed by atoms with Gasteiger partial charge in [-0.1, -0.05) is 6.92 Å². The van der Waals surface area contributed by atoms with Crippen molar-refractivity contribution in [2.24, 2.45) is 5.92 Å². The number of hydrogen-bond acceptors (Lipinski definition) is 5. The number of nitrogen functional groups attached to an aromatic ring is 1. The van der Waals surface area contributed by atoms with Crippen LogP contribution in [0.5, 0.6) is 0 Å². The lowest BCUT2D eigenvalue weighted by Crippen LogP contribution is -2.51. The highest BCUT2D eigenvalue weighted by Gasteiger charge is 2.35. The van der Waals surface area contributed by atoms with E-state index < -0.39 is 23.6 Å². The largest absolute Gasteiger partial charge is 0.444 e. The zero-order valence-corrected chi connectivity index (χ0v) is 15.4. The minimum atomic E-state index is -4.54. The molecule has 2 atom stereocenters. The van der Waals surface area contributed by atoms with Crippen LogP contribution in [0, 0.1) is 5.92 Å². The summed E-state index contributed by atoms with van der Waals surface area (Å²) >= 11 is 0. The molecule has 9 heteroatoms. The van der Waals surface area contributed by atoms with E-state index in [0.717, 1.165) is 12.3 Å². The Hall–Kier alpha value is -2.19. The smallest absolute Gasteiger partial charge is 0.433 e. The van der Waals surface area contributed by atoms with Crippen LogP contribution in [0.2, 0.25) is 0 Å². The molecule has 1 aliphatic heterocycles. The van der Waals surface area contributed by atoms with Gasteiger partial charge in [-0.25, -0.2) is 9.78 Å². The van der Waals surface area contributed by atoms with Crippen LogP contribution in [0.1, 0.15) is 39.8 Å². The molecule has 0 aromatic carbocycles. The quantitative estimate of drug-likeness (QED) is 0.829. The van der Waals surface area contributed by atoms with Crippen LogP contribution >= 0.6 is 0 Å². The lowest BCUT2D eigenvalue weighted by atomic mass is 9.95. The fraction of sp³-hybridized carbons (Fsp3) is 0.647. The number of piperidine rings is 1. The zero-order chi connectivity index (χ0) is 19.7. The maximum atomic E-state index is 13.0. The van der Waals surface area contributed by atoms with Crippen LogP contribution in [-0.4, -0.2) is 35.8 Å². The third kappa shape index (κ3) is 5.40. The Labute approximate surface area is 150 Å². The number of nitrogens with two attached hydrogens (primary N) is 1. The molecular formula is C17H25F3N4O2. The number of halogens is 3. The molecule has 0 unspecified atom stereocenters. The van der Waals surface area contributed by atoms with E-state index >= 15 is 0 Å². The van der Waals surface area contributed by atoms with Crippen LogP contribution in [0.3, 0.4) is 0 Å². The van der Waals surface area contributed by atoms with Crippen molar-refractivity contribution in [1.29, 1.82) is 0 Å². The molecule has 0 saturated carbocycles. The Morgan fingerprint density at radius 2 is 2.00 bits per heavy atom. The van der Waals surface area contributed by atoms with Gasteiger partial charge in [0, 0.05) is 19.1 Å². The highest BCUT2D eigenvalue weighted by atomic mass is 19.4. The average molecular weight is 374 g/mol. The number of hydrogen-bond donors (Lipinski definition) is 2. The van der Waals surface area contributed by atoms with E-state index in [1.165, 1.54) is 0 Å². The number of amides is 1. The van der Waals surface area contributed by atoms with E-state index in [4.69, 9.17) is 10.5 Å². The first-order valence-electron chi connectivity index (χ1n) is 8.42. The summed E-state index contributed by atoms with van der Waals surface area (Å²) in [6.45, 7) is 8.14. The van der Waals surface area contributed by atoms with Gasteiger partial charge in [-0.3, -0.25) is 0 Å². The first-order chi connectivity index (χ1) is 11.8. The van der Waals surface area contributed by atoms with Crippen molar-refractivity contribution in [3.8, 4) is 0 Å². The number of ether oxygens (including phenoxy) is 1. The number of nitrogens with one attached hydrogen (secondary N) is 1. The third-order valence-electron chi connectivity index (χ3n) is 3.92. The lowest BCUT2D eigenvalue weighted by molar-refractivity contribution is -0.141. The first-order valence-corrected chi connectivity index (χ1v) is 8.42. The summed E-state index contributed by atoms with van der Waals surface area (Å²) in [6.07, 6.45) is -3.37. The van der Waals surface area contributed by atoms with E-state index in [1.54, 1.807) is 25.7 Å². The molecule has 2 heterocycles. The Bertz CT molecular complexity index is 658. The molecule has 2 rings (SSSR count). The monoisotopic (exact) mass is 374 g/mol. The van der Waals surface area contributed by atoms with Gasteiger partial charge in [0.1, 0.15) is 11.3 Å². The second kappa shape index (κ2) is 7.20. The molecule has 0 bridgehead atoms. The minimum absolute atomic E-state index is 0.158. The second-order valence-corrected chi connectivity index (χ2v) is 7.72. The van der Waals surface area contributed by atoms with Crippen molar-refractivity contribution < 1.29 is 22.7 Å². The lowest BCUT2D eigenvalue weighted by Gasteiger charge is -2.39. The molecule has 1 aliphatic rings. The van der Waals surface area contributed by atoms with Gasteiger partial charge in [0.05, 0.1) is 17.6 Å². The van der Waals surface area contributed by atoms with Gasteiger partial charge in [0.25, 0.3) is 0 Å². The summed E-state index contributed by atoms with van der Waals surface area (Å²) in [5.74, 6) is 0.158. The molecule has 0 radical (unpaired) electrons. The summed E-state index contributed by atoms with van der Waals surface area (Å²) in [4.78, 5) is 17.1. The minimum Gasteiger partial charge on any atom is -0.444 e. The van der Waals surface area contributed by atoms with Gasteiger partial charge in [0.15, 0.2) is 0 Å². The first kappa shape index (κ1) is 20.1. The molecule has 1 aromatic heterocycles. The topological polar surface area (TPSA) is 80.5 Å². The number of aromatic nitrogens is 1. The van der Waals surface area contributed by atoms with E-state index in [0.29, 0.717) is 19.5 Å². The van der Waals surface area contributed by atoms with E-state index in [2.05, 4.69) is 10.3 Å². The number of nitrogens with zero attached hydrogens (tertiary/aromatic N) is 2. The highest BCUT2D eigenvalue weighted by molar-refractivity contribution is 5.69. The number of rotatable bonds is 2. The second-order valence-electron chi connectivity index (χ2n) is 7.72. The normalized spacial score (nSPS) is 21.4. The summed E-state index contributed by atoms with van der Waals surface area (Å²) in [6, 6.07) is 0.702. The van der Waals surface area contributed by atoms with Gasteiger partial charge >= 0.3 is 12.3 Å². The molecule has 0 aliphatic carbocycles. The number of alkyl halides is 3. The van der Waals surface area contributed by atoms with E-state index in [9.17, 15) is 18.0 Å². The number of anilines is 2. The van der Waals surface area contributed by atoms with Crippen LogP contribution in [0.4, 0.5) is 29.3 Å². The molecule has 1 aromatic rings. The molecule has 6 nitrogen and oxygen atoms in total. The van der Waals surface area contributed by atoms with Crippen molar-refractivity contribution in [2.45, 2.75) is 51.9 Å². The molecule has 1 saturated heterocycles. The van der Waals surface area contributed by atoms with Crippen LogP contribution in [0.25, 0.3) is 0 Å². The van der Waals surface area contributed by atoms with Gasteiger partial charge in [-0.2, -0.15) is 13.2 Å². The molecule has 1 amide bonds.